The fraction of sp³-hybridized carbons (Fsp3) is 0.240. The van der Waals surface area contributed by atoms with Crippen LogP contribution in [0.3, 0.4) is 0 Å². The van der Waals surface area contributed by atoms with E-state index in [1.165, 1.54) is 18.7 Å². The molecule has 0 bridgehead atoms. The number of nitrogens with two attached hydrogens (primary N) is 1. The quantitative estimate of drug-likeness (QED) is 0.0937. The van der Waals surface area contributed by atoms with E-state index in [2.05, 4.69) is 20.4 Å². The largest absolute Gasteiger partial charge is 0.478 e. The molecule has 0 radical (unpaired) electrons. The number of halogens is 1. The lowest BCUT2D eigenvalue weighted by Gasteiger charge is -2.49. The van der Waals surface area contributed by atoms with Crippen LogP contribution in [0.25, 0.3) is 11.1 Å². The number of aromatic amines is 1. The van der Waals surface area contributed by atoms with Gasteiger partial charge in [0.1, 0.15) is 27.1 Å². The van der Waals surface area contributed by atoms with Crippen molar-refractivity contribution in [2.75, 3.05) is 11.5 Å². The van der Waals surface area contributed by atoms with Gasteiger partial charge in [0, 0.05) is 35.9 Å². The minimum atomic E-state index is -1.40. The van der Waals surface area contributed by atoms with E-state index in [-0.39, 0.29) is 27.4 Å². The Balaban J connectivity index is 1.34. The minimum absolute atomic E-state index is 0.000882. The number of H-pyrrole nitrogens is 1. The van der Waals surface area contributed by atoms with Gasteiger partial charge in [-0.2, -0.15) is 0 Å². The first-order valence-electron chi connectivity index (χ1n) is 12.3. The predicted molar refractivity (Wildman–Crippen MR) is 152 cm³/mol. The topological polar surface area (TPSA) is 204 Å². The van der Waals surface area contributed by atoms with E-state index in [4.69, 9.17) is 27.3 Å². The summed E-state index contributed by atoms with van der Waals surface area (Å²) in [4.78, 5) is 62.9. The predicted octanol–water partition coefficient (Wildman–Crippen LogP) is 1.29. The number of nitrogens with zero attached hydrogens (tertiary/aromatic N) is 4. The maximum Gasteiger partial charge on any atom is 0.352 e. The summed E-state index contributed by atoms with van der Waals surface area (Å²) in [5.74, 6) is -3.86. The smallest absolute Gasteiger partial charge is 0.352 e. The van der Waals surface area contributed by atoms with E-state index >= 15 is 0 Å². The Bertz CT molecular complexity index is 1620. The molecule has 0 spiro atoms. The molecule has 0 aromatic carbocycles. The fourth-order valence-corrected chi connectivity index (χ4v) is 6.59. The Morgan fingerprint density at radius 2 is 2.05 bits per heavy atom. The highest BCUT2D eigenvalue weighted by molar-refractivity contribution is 8.00. The third-order valence-corrected chi connectivity index (χ3v) is 8.85. The Kier molecular flexibility index (Phi) is 8.20. The molecular weight excluding hydrogens is 610 g/mol. The molecule has 42 heavy (non-hydrogen) atoms. The SMILES string of the molecule is C[C@H](ON=C(C(=O)N[C@@H]1C(=O)N2C(C(=O)O)=C(C[n+]3ccc(-c4cc[nH]c4)cc3)CSC12)c1nc(N)sc1Cl)C(=O)O. The van der Waals surface area contributed by atoms with Gasteiger partial charge < -0.3 is 31.1 Å². The molecule has 3 aromatic heterocycles. The van der Waals surface area contributed by atoms with Gasteiger partial charge >= 0.3 is 11.9 Å². The number of thiazole rings is 1. The summed E-state index contributed by atoms with van der Waals surface area (Å²) >= 11 is 8.31. The van der Waals surface area contributed by atoms with Crippen LogP contribution in [0.15, 0.2) is 59.4 Å². The van der Waals surface area contributed by atoms with Crippen LogP contribution in [0, 0.1) is 0 Å². The molecule has 6 N–H and O–H groups in total. The second-order valence-electron chi connectivity index (χ2n) is 9.18. The molecule has 14 nitrogen and oxygen atoms in total. The first kappa shape index (κ1) is 29.1. The lowest BCUT2D eigenvalue weighted by molar-refractivity contribution is -0.689. The number of rotatable bonds is 10. The zero-order chi connectivity index (χ0) is 30.1. The van der Waals surface area contributed by atoms with Gasteiger partial charge in [-0.3, -0.25) is 14.5 Å². The average molecular weight is 633 g/mol. The summed E-state index contributed by atoms with van der Waals surface area (Å²) in [7, 11) is 0. The van der Waals surface area contributed by atoms with Crippen molar-refractivity contribution in [1.82, 2.24) is 20.2 Å². The number of aromatic nitrogens is 3. The third kappa shape index (κ3) is 5.68. The number of fused-ring (bicyclic) bond motifs is 1. The molecule has 3 atom stereocenters. The molecule has 2 aliphatic heterocycles. The van der Waals surface area contributed by atoms with Gasteiger partial charge in [0.2, 0.25) is 6.10 Å². The van der Waals surface area contributed by atoms with Crippen molar-refractivity contribution in [3.8, 4) is 11.1 Å². The number of thioether (sulfide) groups is 1. The maximum absolute atomic E-state index is 13.2. The summed E-state index contributed by atoms with van der Waals surface area (Å²) in [5, 5.41) is 24.6. The number of hydrogen-bond acceptors (Lipinski definition) is 10. The summed E-state index contributed by atoms with van der Waals surface area (Å²) < 4.78 is 1.82. The summed E-state index contributed by atoms with van der Waals surface area (Å²) in [6.07, 6.45) is 5.95. The second-order valence-corrected chi connectivity index (χ2v) is 11.9. The molecule has 1 fully saturated rings. The van der Waals surface area contributed by atoms with E-state index in [1.54, 1.807) is 0 Å². The van der Waals surface area contributed by atoms with E-state index in [0.29, 0.717) is 11.3 Å². The number of carboxylic acids is 2. The molecule has 2 amide bonds. The Hall–Kier alpha value is -4.41. The van der Waals surface area contributed by atoms with Gasteiger partial charge in [-0.05, 0) is 24.1 Å². The average Bonchev–Trinajstić information content (AvgIpc) is 3.61. The van der Waals surface area contributed by atoms with Crippen LogP contribution in [-0.4, -0.2) is 77.8 Å². The number of nitrogen functional groups attached to an aromatic ring is 1. The van der Waals surface area contributed by atoms with Gasteiger partial charge in [-0.25, -0.2) is 19.1 Å². The highest BCUT2D eigenvalue weighted by Crippen LogP contribution is 2.40. The Morgan fingerprint density at radius 1 is 1.31 bits per heavy atom. The van der Waals surface area contributed by atoms with Crippen molar-refractivity contribution in [3.63, 3.8) is 0 Å². The first-order valence-corrected chi connectivity index (χ1v) is 14.5. The maximum atomic E-state index is 13.2. The molecule has 218 valence electrons. The molecule has 0 aliphatic carbocycles. The fourth-order valence-electron chi connectivity index (χ4n) is 4.33. The minimum Gasteiger partial charge on any atom is -0.478 e. The lowest BCUT2D eigenvalue weighted by atomic mass is 10.0. The van der Waals surface area contributed by atoms with Crippen LogP contribution in [0.5, 0.6) is 0 Å². The highest BCUT2D eigenvalue weighted by Gasteiger charge is 2.55. The number of anilines is 1. The molecule has 1 saturated heterocycles. The van der Waals surface area contributed by atoms with Gasteiger partial charge in [0.15, 0.2) is 29.8 Å². The summed E-state index contributed by atoms with van der Waals surface area (Å²) in [6.45, 7) is 1.45. The lowest BCUT2D eigenvalue weighted by Crippen LogP contribution is -2.71. The van der Waals surface area contributed by atoms with Crippen molar-refractivity contribution in [1.29, 1.82) is 0 Å². The molecular formula is C25H23ClN7O7S2+. The van der Waals surface area contributed by atoms with E-state index in [1.807, 2.05) is 47.6 Å². The van der Waals surface area contributed by atoms with E-state index < -0.39 is 47.0 Å². The van der Waals surface area contributed by atoms with Gasteiger partial charge in [0.05, 0.1) is 0 Å². The van der Waals surface area contributed by atoms with Crippen LogP contribution in [0.1, 0.15) is 12.6 Å². The number of hydrogen-bond donors (Lipinski definition) is 5. The van der Waals surface area contributed by atoms with Crippen molar-refractivity contribution in [2.45, 2.75) is 31.0 Å². The normalized spacial score (nSPS) is 19.1. The molecule has 17 heteroatoms. The van der Waals surface area contributed by atoms with E-state index in [0.717, 1.165) is 27.4 Å². The highest BCUT2D eigenvalue weighted by atomic mass is 35.5. The number of carbonyl (C=O) groups excluding carboxylic acids is 2. The number of nitrogens with one attached hydrogen (secondary N) is 2. The Labute approximate surface area is 250 Å². The van der Waals surface area contributed by atoms with E-state index in [9.17, 15) is 24.3 Å². The number of oxime groups is 1. The molecule has 5 rings (SSSR count). The van der Waals surface area contributed by atoms with Gasteiger partial charge in [-0.15, -0.1) is 11.8 Å². The number of amides is 2. The molecule has 0 saturated carbocycles. The number of β-lactam (4-membered cyclic amide) rings is 1. The zero-order valence-corrected chi connectivity index (χ0v) is 24.1. The van der Waals surface area contributed by atoms with Crippen molar-refractivity contribution < 1.29 is 38.8 Å². The number of carbonyl (C=O) groups is 4. The van der Waals surface area contributed by atoms with Crippen LogP contribution in [0.2, 0.25) is 4.34 Å². The van der Waals surface area contributed by atoms with Crippen LogP contribution in [0.4, 0.5) is 5.13 Å². The first-order chi connectivity index (χ1) is 20.0. The van der Waals surface area contributed by atoms with Crippen LogP contribution < -0.4 is 15.6 Å². The van der Waals surface area contributed by atoms with Crippen molar-refractivity contribution >= 4 is 69.3 Å². The third-order valence-electron chi connectivity index (χ3n) is 6.42. The Morgan fingerprint density at radius 3 is 2.64 bits per heavy atom. The zero-order valence-electron chi connectivity index (χ0n) is 21.7. The molecule has 2 aliphatic rings. The van der Waals surface area contributed by atoms with Gasteiger partial charge in [0.25, 0.3) is 11.8 Å². The van der Waals surface area contributed by atoms with Crippen LogP contribution in [-0.2, 0) is 30.6 Å². The van der Waals surface area contributed by atoms with Crippen molar-refractivity contribution in [3.05, 3.63) is 64.3 Å². The monoisotopic (exact) mass is 632 g/mol. The summed E-state index contributed by atoms with van der Waals surface area (Å²) in [6, 6.07) is 4.66. The molecule has 5 heterocycles. The molecule has 1 unspecified atom stereocenters. The number of carboxylic acid groups (broad SMARTS) is 2. The second kappa shape index (κ2) is 11.8. The van der Waals surface area contributed by atoms with Crippen molar-refractivity contribution in [2.24, 2.45) is 5.16 Å². The molecule has 3 aromatic rings. The van der Waals surface area contributed by atoms with Gasteiger partial charge in [-0.1, -0.05) is 28.1 Å². The number of pyridine rings is 1. The van der Waals surface area contributed by atoms with Crippen LogP contribution >= 0.6 is 34.7 Å². The number of aliphatic carboxylic acids is 2. The summed E-state index contributed by atoms with van der Waals surface area (Å²) in [5.41, 5.74) is 7.44. The standard InChI is InChI=1S/C25H22ClN7O7S2/c1-11(23(36)37)40-31-16(15-19(26)42-25(27)30-15)20(34)29-17-21(35)33-18(24(38)39)14(10-41-22(17)33)9-32-6-3-12(4-7-32)13-2-5-28-8-13/h2-8,11,17,22H,9-10H2,1H3,(H5,27,29,30,34,36,37,38,39)/p+1/t11-,17+,22?/m0/s1.